The Kier molecular flexibility index (Phi) is 6.26. The maximum absolute atomic E-state index is 12.7. The Morgan fingerprint density at radius 2 is 1.93 bits per heavy atom. The number of phenolic OH excluding ortho intramolecular Hbond substituents is 1. The van der Waals surface area contributed by atoms with Crippen LogP contribution in [0.2, 0.25) is 0 Å². The predicted molar refractivity (Wildman–Crippen MR) is 115 cm³/mol. The topological polar surface area (TPSA) is 53.0 Å². The zero-order valence-electron chi connectivity index (χ0n) is 17.8. The van der Waals surface area contributed by atoms with Crippen molar-refractivity contribution in [2.24, 2.45) is 0 Å². The molecule has 0 radical (unpaired) electrons. The van der Waals surface area contributed by atoms with Crippen LogP contribution >= 0.6 is 0 Å². The summed E-state index contributed by atoms with van der Waals surface area (Å²) in [6.07, 6.45) is 8.85. The maximum Gasteiger partial charge on any atom is 0.325 e. The Bertz CT molecular complexity index is 777. The molecule has 3 aliphatic rings. The Hall–Kier alpha value is -1.85. The van der Waals surface area contributed by atoms with E-state index in [1.807, 2.05) is 19.1 Å². The summed E-state index contributed by atoms with van der Waals surface area (Å²) in [6, 6.07) is 4.55. The van der Waals surface area contributed by atoms with Crippen molar-refractivity contribution < 1.29 is 14.6 Å². The molecule has 2 fully saturated rings. The van der Waals surface area contributed by atoms with Gasteiger partial charge in [0.15, 0.2) is 0 Å². The minimum Gasteiger partial charge on any atom is -0.507 e. The second kappa shape index (κ2) is 8.88. The molecule has 1 atom stereocenters. The lowest BCUT2D eigenvalue weighted by Gasteiger charge is -2.34. The molecule has 0 bridgehead atoms. The first-order valence-electron chi connectivity index (χ1n) is 11.2. The summed E-state index contributed by atoms with van der Waals surface area (Å²) in [5, 5.41) is 10.7. The molecule has 2 aliphatic carbocycles. The molecule has 158 valence electrons. The van der Waals surface area contributed by atoms with Crippen molar-refractivity contribution in [2.75, 3.05) is 32.7 Å². The van der Waals surface area contributed by atoms with Crippen LogP contribution in [0.15, 0.2) is 23.8 Å². The van der Waals surface area contributed by atoms with E-state index in [9.17, 15) is 9.90 Å². The molecule has 0 aromatic heterocycles. The molecule has 4 rings (SSSR count). The zero-order valence-corrected chi connectivity index (χ0v) is 17.8. The first-order valence-corrected chi connectivity index (χ1v) is 11.2. The van der Waals surface area contributed by atoms with E-state index in [4.69, 9.17) is 4.74 Å². The molecule has 0 amide bonds. The molecule has 1 aromatic carbocycles. The summed E-state index contributed by atoms with van der Waals surface area (Å²) < 4.78 is 5.86. The maximum atomic E-state index is 12.7. The number of piperazine rings is 1. The van der Waals surface area contributed by atoms with E-state index in [0.29, 0.717) is 12.3 Å². The Balaban J connectivity index is 1.45. The van der Waals surface area contributed by atoms with Crippen LogP contribution in [0.1, 0.15) is 63.0 Å². The Labute approximate surface area is 174 Å². The number of ether oxygens (including phenoxy) is 1. The van der Waals surface area contributed by atoms with Crippen LogP contribution in [0.5, 0.6) is 11.5 Å². The number of benzene rings is 1. The molecule has 1 saturated carbocycles. The fourth-order valence-electron chi connectivity index (χ4n) is 4.73. The van der Waals surface area contributed by atoms with Gasteiger partial charge < -0.3 is 9.84 Å². The molecular formula is C24H34N2O3. The SMILES string of the molecule is CCc1cc(O)c(C2C=C(C)CCC2)c(OC(=O)CN2CCN(C3CC3)CC2)c1. The lowest BCUT2D eigenvalue weighted by atomic mass is 9.84. The number of aromatic hydroxyl groups is 1. The highest BCUT2D eigenvalue weighted by molar-refractivity contribution is 5.75. The summed E-state index contributed by atoms with van der Waals surface area (Å²) in [5.41, 5.74) is 3.10. The lowest BCUT2D eigenvalue weighted by Crippen LogP contribution is -2.49. The second-order valence-corrected chi connectivity index (χ2v) is 8.91. The summed E-state index contributed by atoms with van der Waals surface area (Å²) in [6.45, 7) is 8.42. The van der Waals surface area contributed by atoms with Crippen molar-refractivity contribution in [3.8, 4) is 11.5 Å². The number of aryl methyl sites for hydroxylation is 1. The molecule has 1 N–H and O–H groups in total. The molecule has 5 heteroatoms. The number of esters is 1. The van der Waals surface area contributed by atoms with Gasteiger partial charge in [-0.1, -0.05) is 18.6 Å². The van der Waals surface area contributed by atoms with Crippen LogP contribution < -0.4 is 4.74 Å². The summed E-state index contributed by atoms with van der Waals surface area (Å²) in [5.74, 6) is 0.676. The summed E-state index contributed by atoms with van der Waals surface area (Å²) >= 11 is 0. The third-order valence-electron chi connectivity index (χ3n) is 6.58. The van der Waals surface area contributed by atoms with Crippen LogP contribution in [0.25, 0.3) is 0 Å². The van der Waals surface area contributed by atoms with Gasteiger partial charge in [0.25, 0.3) is 0 Å². The molecule has 5 nitrogen and oxygen atoms in total. The minimum absolute atomic E-state index is 0.111. The van der Waals surface area contributed by atoms with Crippen LogP contribution in [-0.4, -0.2) is 59.6 Å². The van der Waals surface area contributed by atoms with Crippen molar-refractivity contribution in [2.45, 2.75) is 64.3 Å². The van der Waals surface area contributed by atoms with E-state index >= 15 is 0 Å². The highest BCUT2D eigenvalue weighted by atomic mass is 16.5. The van der Waals surface area contributed by atoms with E-state index in [1.54, 1.807) is 0 Å². The van der Waals surface area contributed by atoms with Gasteiger partial charge in [-0.25, -0.2) is 0 Å². The van der Waals surface area contributed by atoms with Gasteiger partial charge in [0.05, 0.1) is 6.54 Å². The third kappa shape index (κ3) is 5.01. The van der Waals surface area contributed by atoms with Gasteiger partial charge in [-0.15, -0.1) is 0 Å². The van der Waals surface area contributed by atoms with Crippen LogP contribution in [0.3, 0.4) is 0 Å². The molecule has 1 heterocycles. The molecule has 1 unspecified atom stereocenters. The number of rotatable bonds is 6. The first-order chi connectivity index (χ1) is 14.0. The average Bonchev–Trinajstić information content (AvgIpc) is 3.53. The predicted octanol–water partition coefficient (Wildman–Crippen LogP) is 3.85. The molecular weight excluding hydrogens is 364 g/mol. The highest BCUT2D eigenvalue weighted by Gasteiger charge is 2.32. The largest absolute Gasteiger partial charge is 0.507 e. The number of hydrogen-bond donors (Lipinski definition) is 1. The van der Waals surface area contributed by atoms with E-state index in [2.05, 4.69) is 22.8 Å². The number of hydrogen-bond acceptors (Lipinski definition) is 5. The van der Waals surface area contributed by atoms with Crippen LogP contribution in [0, 0.1) is 0 Å². The van der Waals surface area contributed by atoms with Crippen molar-refractivity contribution in [3.63, 3.8) is 0 Å². The molecule has 0 spiro atoms. The van der Waals surface area contributed by atoms with Crippen molar-refractivity contribution in [1.29, 1.82) is 0 Å². The fourth-order valence-corrected chi connectivity index (χ4v) is 4.73. The van der Waals surface area contributed by atoms with Crippen molar-refractivity contribution >= 4 is 5.97 Å². The third-order valence-corrected chi connectivity index (χ3v) is 6.58. The number of phenols is 1. The smallest absolute Gasteiger partial charge is 0.325 e. The average molecular weight is 399 g/mol. The van der Waals surface area contributed by atoms with Gasteiger partial charge in [0.2, 0.25) is 0 Å². The molecule has 1 aromatic rings. The Morgan fingerprint density at radius 3 is 2.59 bits per heavy atom. The standard InChI is InChI=1S/C24H34N2O3/c1-3-18-14-21(27)24(19-6-4-5-17(2)13-19)22(15-18)29-23(28)16-25-9-11-26(12-10-25)20-7-8-20/h13-15,19-20,27H,3-12,16H2,1-2H3. The number of carbonyl (C=O) groups is 1. The molecule has 29 heavy (non-hydrogen) atoms. The quantitative estimate of drug-likeness (QED) is 0.448. The van der Waals surface area contributed by atoms with E-state index in [1.165, 1.54) is 18.4 Å². The second-order valence-electron chi connectivity index (χ2n) is 8.91. The van der Waals surface area contributed by atoms with Gasteiger partial charge >= 0.3 is 5.97 Å². The number of allylic oxidation sites excluding steroid dienone is 2. The molecule has 1 saturated heterocycles. The van der Waals surface area contributed by atoms with E-state index in [0.717, 1.165) is 69.0 Å². The van der Waals surface area contributed by atoms with Crippen molar-refractivity contribution in [1.82, 2.24) is 9.80 Å². The summed E-state index contributed by atoms with van der Waals surface area (Å²) in [4.78, 5) is 17.5. The van der Waals surface area contributed by atoms with Gasteiger partial charge in [0, 0.05) is 43.7 Å². The normalized spacial score (nSPS) is 23.7. The number of carbonyl (C=O) groups excluding carboxylic acids is 1. The van der Waals surface area contributed by atoms with Crippen LogP contribution in [-0.2, 0) is 11.2 Å². The van der Waals surface area contributed by atoms with Crippen LogP contribution in [0.4, 0.5) is 0 Å². The highest BCUT2D eigenvalue weighted by Crippen LogP contribution is 2.42. The van der Waals surface area contributed by atoms with Crippen molar-refractivity contribution in [3.05, 3.63) is 34.9 Å². The lowest BCUT2D eigenvalue weighted by molar-refractivity contribution is -0.136. The zero-order chi connectivity index (χ0) is 20.4. The first kappa shape index (κ1) is 20.4. The monoisotopic (exact) mass is 398 g/mol. The fraction of sp³-hybridized carbons (Fsp3) is 0.625. The summed E-state index contributed by atoms with van der Waals surface area (Å²) in [7, 11) is 0. The molecule has 1 aliphatic heterocycles. The number of nitrogens with zero attached hydrogens (tertiary/aromatic N) is 2. The minimum atomic E-state index is -0.227. The van der Waals surface area contributed by atoms with Gasteiger partial charge in [-0.05, 0) is 63.1 Å². The van der Waals surface area contributed by atoms with E-state index < -0.39 is 0 Å². The van der Waals surface area contributed by atoms with Gasteiger partial charge in [-0.2, -0.15) is 0 Å². The van der Waals surface area contributed by atoms with Gasteiger partial charge in [-0.3, -0.25) is 14.6 Å². The van der Waals surface area contributed by atoms with E-state index in [-0.39, 0.29) is 17.6 Å². The van der Waals surface area contributed by atoms with Gasteiger partial charge in [0.1, 0.15) is 11.5 Å². The Morgan fingerprint density at radius 1 is 1.17 bits per heavy atom.